The van der Waals surface area contributed by atoms with Crippen molar-refractivity contribution < 1.29 is 13.2 Å². The fourth-order valence-corrected chi connectivity index (χ4v) is 3.85. The van der Waals surface area contributed by atoms with E-state index in [1.54, 1.807) is 13.1 Å². The standard InChI is InChI=1S/C9H16N2O3S2/c1-10-8(12)4-2-6-11-16(13,14)9-5-3-7-15-9/h5,11H,2-4,6-7H2,1H3,(H,10,12). The average Bonchev–Trinajstić information content (AvgIpc) is 2.78. The Morgan fingerprint density at radius 2 is 2.31 bits per heavy atom. The molecule has 0 atom stereocenters. The third-order valence-electron chi connectivity index (χ3n) is 2.09. The van der Waals surface area contributed by atoms with Gasteiger partial charge in [-0.2, -0.15) is 0 Å². The molecule has 1 heterocycles. The van der Waals surface area contributed by atoms with E-state index in [0.29, 0.717) is 23.6 Å². The summed E-state index contributed by atoms with van der Waals surface area (Å²) in [5, 5.41) is 2.49. The number of allylic oxidation sites excluding steroid dienone is 1. The smallest absolute Gasteiger partial charge is 0.246 e. The van der Waals surface area contributed by atoms with Crippen molar-refractivity contribution in [2.45, 2.75) is 19.3 Å². The van der Waals surface area contributed by atoms with Crippen LogP contribution in [0.25, 0.3) is 0 Å². The van der Waals surface area contributed by atoms with Crippen molar-refractivity contribution >= 4 is 27.7 Å². The topological polar surface area (TPSA) is 75.3 Å². The molecule has 0 saturated carbocycles. The minimum atomic E-state index is -3.32. The summed E-state index contributed by atoms with van der Waals surface area (Å²) in [4.78, 5) is 10.9. The highest BCUT2D eigenvalue weighted by molar-refractivity contribution is 8.18. The largest absolute Gasteiger partial charge is 0.359 e. The number of nitrogens with one attached hydrogen (secondary N) is 2. The fraction of sp³-hybridized carbons (Fsp3) is 0.667. The quantitative estimate of drug-likeness (QED) is 0.681. The molecule has 1 aliphatic heterocycles. The van der Waals surface area contributed by atoms with E-state index in [-0.39, 0.29) is 5.91 Å². The molecule has 0 unspecified atom stereocenters. The number of hydrogen-bond acceptors (Lipinski definition) is 4. The van der Waals surface area contributed by atoms with E-state index in [1.165, 1.54) is 11.8 Å². The third kappa shape index (κ3) is 4.15. The van der Waals surface area contributed by atoms with E-state index in [2.05, 4.69) is 10.0 Å². The zero-order chi connectivity index (χ0) is 12.0. The Morgan fingerprint density at radius 1 is 1.56 bits per heavy atom. The summed E-state index contributed by atoms with van der Waals surface area (Å²) in [5.41, 5.74) is 0. The zero-order valence-electron chi connectivity index (χ0n) is 9.15. The molecule has 2 N–H and O–H groups in total. The SMILES string of the molecule is CNC(=O)CCCNS(=O)(=O)C1=CCCS1. The number of carbonyl (C=O) groups excluding carboxylic acids is 1. The molecular weight excluding hydrogens is 248 g/mol. The number of carbonyl (C=O) groups is 1. The number of amides is 1. The summed E-state index contributed by atoms with van der Waals surface area (Å²) in [5.74, 6) is 0.753. The van der Waals surface area contributed by atoms with Crippen LogP contribution >= 0.6 is 11.8 Å². The molecule has 0 aromatic heterocycles. The van der Waals surface area contributed by atoms with Gasteiger partial charge in [0.1, 0.15) is 4.24 Å². The van der Waals surface area contributed by atoms with Crippen molar-refractivity contribution in [3.05, 3.63) is 10.3 Å². The zero-order valence-corrected chi connectivity index (χ0v) is 10.8. The highest BCUT2D eigenvalue weighted by Gasteiger charge is 2.20. The lowest BCUT2D eigenvalue weighted by Gasteiger charge is -2.06. The van der Waals surface area contributed by atoms with Gasteiger partial charge in [-0.25, -0.2) is 13.1 Å². The van der Waals surface area contributed by atoms with Gasteiger partial charge in [-0.1, -0.05) is 6.08 Å². The Bertz CT molecular complexity index is 376. The third-order valence-corrected chi connectivity index (χ3v) is 5.27. The van der Waals surface area contributed by atoms with Gasteiger partial charge in [0, 0.05) is 25.8 Å². The van der Waals surface area contributed by atoms with Crippen molar-refractivity contribution in [1.29, 1.82) is 0 Å². The van der Waals surface area contributed by atoms with Crippen LogP contribution in [-0.2, 0) is 14.8 Å². The van der Waals surface area contributed by atoms with E-state index in [9.17, 15) is 13.2 Å². The molecule has 0 radical (unpaired) electrons. The van der Waals surface area contributed by atoms with Gasteiger partial charge in [0.15, 0.2) is 0 Å². The number of hydrogen-bond donors (Lipinski definition) is 2. The van der Waals surface area contributed by atoms with E-state index in [4.69, 9.17) is 0 Å². The summed E-state index contributed by atoms with van der Waals surface area (Å²) in [6.07, 6.45) is 3.38. The molecule has 5 nitrogen and oxygen atoms in total. The minimum absolute atomic E-state index is 0.0753. The normalized spacial score (nSPS) is 15.9. The van der Waals surface area contributed by atoms with Crippen LogP contribution in [0.5, 0.6) is 0 Å². The molecule has 0 bridgehead atoms. The van der Waals surface area contributed by atoms with Crippen LogP contribution in [0.1, 0.15) is 19.3 Å². The van der Waals surface area contributed by atoms with Crippen molar-refractivity contribution in [3.8, 4) is 0 Å². The predicted molar refractivity (Wildman–Crippen MR) is 65.4 cm³/mol. The molecule has 0 aromatic carbocycles. The first kappa shape index (κ1) is 13.5. The lowest BCUT2D eigenvalue weighted by Crippen LogP contribution is -2.26. The van der Waals surface area contributed by atoms with Gasteiger partial charge in [0.2, 0.25) is 15.9 Å². The van der Waals surface area contributed by atoms with Crippen LogP contribution in [0.4, 0.5) is 0 Å². The summed E-state index contributed by atoms with van der Waals surface area (Å²) >= 11 is 1.35. The molecule has 92 valence electrons. The van der Waals surface area contributed by atoms with Gasteiger partial charge in [-0.15, -0.1) is 11.8 Å². The Kier molecular flexibility index (Phi) is 5.30. The van der Waals surface area contributed by atoms with Gasteiger partial charge in [0.25, 0.3) is 0 Å². The van der Waals surface area contributed by atoms with Gasteiger partial charge >= 0.3 is 0 Å². The molecule has 0 aromatic rings. The molecule has 0 aliphatic carbocycles. The van der Waals surface area contributed by atoms with Gasteiger partial charge in [-0.3, -0.25) is 4.79 Å². The summed E-state index contributed by atoms with van der Waals surface area (Å²) in [6, 6.07) is 0. The minimum Gasteiger partial charge on any atom is -0.359 e. The summed E-state index contributed by atoms with van der Waals surface area (Å²) in [6.45, 7) is 0.299. The maximum Gasteiger partial charge on any atom is 0.246 e. The maximum atomic E-state index is 11.6. The summed E-state index contributed by atoms with van der Waals surface area (Å²) in [7, 11) is -1.76. The van der Waals surface area contributed by atoms with E-state index in [0.717, 1.165) is 12.2 Å². The van der Waals surface area contributed by atoms with Crippen LogP contribution in [0.2, 0.25) is 0 Å². The van der Waals surface area contributed by atoms with Gasteiger partial charge < -0.3 is 5.32 Å². The molecule has 7 heteroatoms. The molecular formula is C9H16N2O3S2. The van der Waals surface area contributed by atoms with Crippen LogP contribution in [0.15, 0.2) is 10.3 Å². The van der Waals surface area contributed by atoms with Crippen LogP contribution in [0, 0.1) is 0 Å². The molecule has 1 amide bonds. The van der Waals surface area contributed by atoms with E-state index in [1.807, 2.05) is 0 Å². The molecule has 1 rings (SSSR count). The Labute approximate surface area is 100 Å². The molecule has 0 saturated heterocycles. The lowest BCUT2D eigenvalue weighted by atomic mass is 10.3. The van der Waals surface area contributed by atoms with Crippen LogP contribution in [-0.4, -0.2) is 33.7 Å². The Hall–Kier alpha value is -0.530. The van der Waals surface area contributed by atoms with Crippen molar-refractivity contribution in [2.75, 3.05) is 19.3 Å². The van der Waals surface area contributed by atoms with Crippen LogP contribution < -0.4 is 10.0 Å². The first-order chi connectivity index (χ1) is 7.56. The molecule has 0 spiro atoms. The molecule has 16 heavy (non-hydrogen) atoms. The lowest BCUT2D eigenvalue weighted by molar-refractivity contribution is -0.120. The highest BCUT2D eigenvalue weighted by atomic mass is 32.3. The predicted octanol–water partition coefficient (Wildman–Crippen LogP) is 0.410. The summed E-state index contributed by atoms with van der Waals surface area (Å²) < 4.78 is 26.2. The van der Waals surface area contributed by atoms with Crippen molar-refractivity contribution in [2.24, 2.45) is 0 Å². The average molecular weight is 264 g/mol. The monoisotopic (exact) mass is 264 g/mol. The molecule has 1 aliphatic rings. The second kappa shape index (κ2) is 6.27. The Balaban J connectivity index is 2.29. The Morgan fingerprint density at radius 3 is 2.88 bits per heavy atom. The van der Waals surface area contributed by atoms with Crippen molar-refractivity contribution in [1.82, 2.24) is 10.0 Å². The first-order valence-corrected chi connectivity index (χ1v) is 7.56. The first-order valence-electron chi connectivity index (χ1n) is 5.09. The number of rotatable bonds is 6. The molecule has 0 fully saturated rings. The maximum absolute atomic E-state index is 11.6. The van der Waals surface area contributed by atoms with E-state index >= 15 is 0 Å². The van der Waals surface area contributed by atoms with E-state index < -0.39 is 10.0 Å². The van der Waals surface area contributed by atoms with Gasteiger partial charge in [-0.05, 0) is 12.8 Å². The number of thioether (sulfide) groups is 1. The fourth-order valence-electron chi connectivity index (χ4n) is 1.23. The highest BCUT2D eigenvalue weighted by Crippen LogP contribution is 2.28. The number of sulfonamides is 1. The van der Waals surface area contributed by atoms with Crippen LogP contribution in [0.3, 0.4) is 0 Å². The second-order valence-electron chi connectivity index (χ2n) is 3.33. The van der Waals surface area contributed by atoms with Crippen molar-refractivity contribution in [3.63, 3.8) is 0 Å². The second-order valence-corrected chi connectivity index (χ2v) is 6.47. The van der Waals surface area contributed by atoms with Gasteiger partial charge in [0.05, 0.1) is 0 Å².